The van der Waals surface area contributed by atoms with E-state index in [1.807, 2.05) is 0 Å². The first-order valence-corrected chi connectivity index (χ1v) is 6.53. The van der Waals surface area contributed by atoms with Crippen LogP contribution in [0.4, 0.5) is 11.4 Å². The lowest BCUT2D eigenvalue weighted by atomic mass is 10.1. The summed E-state index contributed by atoms with van der Waals surface area (Å²) in [5.74, 6) is -1.03. The molecule has 0 saturated heterocycles. The Morgan fingerprint density at radius 2 is 1.95 bits per heavy atom. The van der Waals surface area contributed by atoms with Crippen molar-refractivity contribution in [1.82, 2.24) is 0 Å². The number of aromatic hydroxyl groups is 2. The molecule has 0 aliphatic rings. The average Bonchev–Trinajstić information content (AvgIpc) is 2.49. The molecule has 0 radical (unpaired) electrons. The second-order valence-corrected chi connectivity index (χ2v) is 4.61. The third-order valence-corrected chi connectivity index (χ3v) is 3.15. The maximum Gasteiger partial charge on any atom is 0.269 e. The summed E-state index contributed by atoms with van der Waals surface area (Å²) in [6.45, 7) is 1.81. The van der Waals surface area contributed by atoms with Crippen molar-refractivity contribution in [3.8, 4) is 11.5 Å². The quantitative estimate of drug-likeness (QED) is 0.456. The summed E-state index contributed by atoms with van der Waals surface area (Å²) >= 11 is 0. The number of rotatable bonds is 4. The van der Waals surface area contributed by atoms with Gasteiger partial charge >= 0.3 is 0 Å². The molecule has 114 valence electrons. The minimum absolute atomic E-state index is 0.0601. The van der Waals surface area contributed by atoms with Crippen molar-refractivity contribution < 1.29 is 19.9 Å². The van der Waals surface area contributed by atoms with E-state index >= 15 is 0 Å². The summed E-state index contributed by atoms with van der Waals surface area (Å²) < 4.78 is 0. The Bertz CT molecular complexity index is 743. The number of amides is 1. The van der Waals surface area contributed by atoms with Crippen molar-refractivity contribution in [2.75, 3.05) is 5.32 Å². The highest BCUT2D eigenvalue weighted by atomic mass is 16.6. The highest BCUT2D eigenvalue weighted by molar-refractivity contribution is 6.06. The highest BCUT2D eigenvalue weighted by Gasteiger charge is 2.15. The smallest absolute Gasteiger partial charge is 0.269 e. The monoisotopic (exact) mass is 302 g/mol. The van der Waals surface area contributed by atoms with E-state index in [9.17, 15) is 25.1 Å². The summed E-state index contributed by atoms with van der Waals surface area (Å²) in [5.41, 5.74) is 0.874. The SMILES string of the molecule is CCc1cc([N+](=O)[O-])ccc1NC(=O)c1cc(O)ccc1O. The number of hydrogen-bond acceptors (Lipinski definition) is 5. The first kappa shape index (κ1) is 15.3. The number of nitro groups is 1. The molecular formula is C15H14N2O5. The number of nitrogens with one attached hydrogen (secondary N) is 1. The van der Waals surface area contributed by atoms with E-state index in [4.69, 9.17) is 0 Å². The van der Waals surface area contributed by atoms with Gasteiger partial charge in [-0.05, 0) is 36.2 Å². The molecule has 0 aliphatic carbocycles. The minimum Gasteiger partial charge on any atom is -0.508 e. The van der Waals surface area contributed by atoms with E-state index in [-0.39, 0.29) is 22.7 Å². The van der Waals surface area contributed by atoms with Crippen LogP contribution in [0.25, 0.3) is 0 Å². The molecule has 7 heteroatoms. The van der Waals surface area contributed by atoms with Gasteiger partial charge in [-0.15, -0.1) is 0 Å². The summed E-state index contributed by atoms with van der Waals surface area (Å²) in [6, 6.07) is 7.72. The molecule has 2 aromatic carbocycles. The number of hydrogen-bond donors (Lipinski definition) is 3. The molecule has 1 amide bonds. The molecule has 7 nitrogen and oxygen atoms in total. The highest BCUT2D eigenvalue weighted by Crippen LogP contribution is 2.26. The normalized spacial score (nSPS) is 10.2. The summed E-state index contributed by atoms with van der Waals surface area (Å²) in [7, 11) is 0. The number of carbonyl (C=O) groups excluding carboxylic acids is 1. The zero-order valence-corrected chi connectivity index (χ0v) is 11.7. The molecular weight excluding hydrogens is 288 g/mol. The Morgan fingerprint density at radius 1 is 1.23 bits per heavy atom. The first-order valence-electron chi connectivity index (χ1n) is 6.53. The number of nitro benzene ring substituents is 1. The van der Waals surface area contributed by atoms with E-state index in [0.717, 1.165) is 6.07 Å². The van der Waals surface area contributed by atoms with Crippen LogP contribution in [0.2, 0.25) is 0 Å². The fourth-order valence-corrected chi connectivity index (χ4v) is 2.00. The Balaban J connectivity index is 2.32. The number of nitrogens with zero attached hydrogens (tertiary/aromatic N) is 1. The van der Waals surface area contributed by atoms with Crippen LogP contribution >= 0.6 is 0 Å². The molecule has 2 rings (SSSR count). The van der Waals surface area contributed by atoms with Crippen LogP contribution in [0.3, 0.4) is 0 Å². The van der Waals surface area contributed by atoms with Gasteiger partial charge in [-0.25, -0.2) is 0 Å². The molecule has 0 bridgehead atoms. The predicted octanol–water partition coefficient (Wildman–Crippen LogP) is 2.82. The Kier molecular flexibility index (Phi) is 4.26. The van der Waals surface area contributed by atoms with Crippen molar-refractivity contribution in [3.05, 3.63) is 57.6 Å². The van der Waals surface area contributed by atoms with Crippen molar-refractivity contribution in [3.63, 3.8) is 0 Å². The van der Waals surface area contributed by atoms with Crippen LogP contribution in [-0.2, 0) is 6.42 Å². The molecule has 0 fully saturated rings. The van der Waals surface area contributed by atoms with Gasteiger partial charge in [-0.2, -0.15) is 0 Å². The van der Waals surface area contributed by atoms with Crippen molar-refractivity contribution in [2.24, 2.45) is 0 Å². The molecule has 2 aromatic rings. The second kappa shape index (κ2) is 6.13. The molecule has 0 unspecified atom stereocenters. The van der Waals surface area contributed by atoms with Gasteiger partial charge < -0.3 is 15.5 Å². The number of non-ortho nitro benzene ring substituents is 1. The lowest BCUT2D eigenvalue weighted by Crippen LogP contribution is -2.13. The fraction of sp³-hybridized carbons (Fsp3) is 0.133. The number of aryl methyl sites for hydroxylation is 1. The molecule has 0 atom stereocenters. The first-order chi connectivity index (χ1) is 10.4. The molecule has 3 N–H and O–H groups in total. The van der Waals surface area contributed by atoms with E-state index in [1.54, 1.807) is 6.92 Å². The number of benzene rings is 2. The lowest BCUT2D eigenvalue weighted by Gasteiger charge is -2.11. The fourth-order valence-electron chi connectivity index (χ4n) is 2.00. The maximum atomic E-state index is 12.2. The summed E-state index contributed by atoms with van der Waals surface area (Å²) in [6.07, 6.45) is 0.489. The Labute approximate surface area is 126 Å². The largest absolute Gasteiger partial charge is 0.508 e. The molecule has 0 aliphatic heterocycles. The molecule has 0 aromatic heterocycles. The summed E-state index contributed by atoms with van der Waals surface area (Å²) in [4.78, 5) is 22.4. The van der Waals surface area contributed by atoms with Gasteiger partial charge in [-0.1, -0.05) is 6.92 Å². The van der Waals surface area contributed by atoms with Crippen molar-refractivity contribution in [1.29, 1.82) is 0 Å². The zero-order valence-electron chi connectivity index (χ0n) is 11.7. The van der Waals surface area contributed by atoms with Crippen molar-refractivity contribution >= 4 is 17.3 Å². The van der Waals surface area contributed by atoms with Crippen LogP contribution in [0, 0.1) is 10.1 Å². The van der Waals surface area contributed by atoms with Gasteiger partial charge in [0.25, 0.3) is 11.6 Å². The van der Waals surface area contributed by atoms with Gasteiger partial charge in [0.15, 0.2) is 0 Å². The van der Waals surface area contributed by atoms with Crippen molar-refractivity contribution in [2.45, 2.75) is 13.3 Å². The molecule has 0 saturated carbocycles. The van der Waals surface area contributed by atoms with E-state index in [0.29, 0.717) is 17.7 Å². The minimum atomic E-state index is -0.614. The Morgan fingerprint density at radius 3 is 2.59 bits per heavy atom. The molecule has 0 spiro atoms. The van der Waals surface area contributed by atoms with Gasteiger partial charge in [0.2, 0.25) is 0 Å². The van der Waals surface area contributed by atoms with Crippen LogP contribution in [-0.4, -0.2) is 21.0 Å². The second-order valence-electron chi connectivity index (χ2n) is 4.61. The number of phenols is 2. The summed E-state index contributed by atoms with van der Waals surface area (Å²) in [5, 5.41) is 32.4. The molecule has 22 heavy (non-hydrogen) atoms. The number of phenolic OH excluding ortho intramolecular Hbond substituents is 2. The van der Waals surface area contributed by atoms with Crippen LogP contribution < -0.4 is 5.32 Å². The average molecular weight is 302 g/mol. The van der Waals surface area contributed by atoms with Crippen LogP contribution in [0.1, 0.15) is 22.8 Å². The lowest BCUT2D eigenvalue weighted by molar-refractivity contribution is -0.384. The van der Waals surface area contributed by atoms with E-state index in [1.165, 1.54) is 30.3 Å². The third kappa shape index (κ3) is 3.14. The third-order valence-electron chi connectivity index (χ3n) is 3.15. The van der Waals surface area contributed by atoms with Gasteiger partial charge in [-0.3, -0.25) is 14.9 Å². The maximum absolute atomic E-state index is 12.2. The topological polar surface area (TPSA) is 113 Å². The number of carbonyl (C=O) groups is 1. The Hall–Kier alpha value is -3.09. The van der Waals surface area contributed by atoms with E-state index < -0.39 is 10.8 Å². The van der Waals surface area contributed by atoms with Crippen LogP contribution in [0.5, 0.6) is 11.5 Å². The van der Waals surface area contributed by atoms with Crippen LogP contribution in [0.15, 0.2) is 36.4 Å². The van der Waals surface area contributed by atoms with Gasteiger partial charge in [0.1, 0.15) is 11.5 Å². The predicted molar refractivity (Wildman–Crippen MR) is 80.2 cm³/mol. The van der Waals surface area contributed by atoms with Gasteiger partial charge in [0.05, 0.1) is 10.5 Å². The standard InChI is InChI=1S/C15H14N2O5/c1-2-9-7-10(17(21)22)3-5-13(9)16-15(20)12-8-11(18)4-6-14(12)19/h3-8,18-19H,2H2,1H3,(H,16,20). The van der Waals surface area contributed by atoms with E-state index in [2.05, 4.69) is 5.32 Å². The number of anilines is 1. The van der Waals surface area contributed by atoms with Gasteiger partial charge in [0, 0.05) is 17.8 Å². The zero-order chi connectivity index (χ0) is 16.3. The molecule has 0 heterocycles.